The van der Waals surface area contributed by atoms with Gasteiger partial charge in [0.1, 0.15) is 11.3 Å². The number of aryl methyl sites for hydroxylation is 2. The molecule has 0 aliphatic carbocycles. The van der Waals surface area contributed by atoms with E-state index in [-0.39, 0.29) is 11.5 Å². The molecule has 0 N–H and O–H groups in total. The number of carbonyl (C=O) groups is 1. The molecule has 3 fully saturated rings. The lowest BCUT2D eigenvalue weighted by Gasteiger charge is -2.55. The average molecular weight is 450 g/mol. The largest absolute Gasteiger partial charge is 0.497 e. The number of piperidine rings is 3. The van der Waals surface area contributed by atoms with Crippen molar-refractivity contribution < 1.29 is 9.53 Å². The van der Waals surface area contributed by atoms with Crippen LogP contribution >= 0.6 is 0 Å². The predicted molar refractivity (Wildman–Crippen MR) is 129 cm³/mol. The fraction of sp³-hybridized carbons (Fsp3) is 0.556. The van der Waals surface area contributed by atoms with E-state index in [1.54, 1.807) is 18.7 Å². The Balaban J connectivity index is 1.38. The minimum absolute atomic E-state index is 0.0845. The molecule has 4 heterocycles. The molecule has 3 aliphatic rings. The number of pyridine rings is 1. The first kappa shape index (κ1) is 22.2. The van der Waals surface area contributed by atoms with Crippen molar-refractivity contribution in [1.29, 1.82) is 0 Å². The van der Waals surface area contributed by atoms with Crippen molar-refractivity contribution >= 4 is 5.91 Å². The Morgan fingerprint density at radius 1 is 1.06 bits per heavy atom. The molecule has 1 aromatic carbocycles. The van der Waals surface area contributed by atoms with Crippen LogP contribution in [0, 0.1) is 25.7 Å². The fourth-order valence-electron chi connectivity index (χ4n) is 6.56. The molecule has 6 heteroatoms. The van der Waals surface area contributed by atoms with Crippen molar-refractivity contribution in [2.24, 2.45) is 18.9 Å². The highest BCUT2D eigenvalue weighted by molar-refractivity contribution is 5.95. The second-order valence-corrected chi connectivity index (χ2v) is 10.3. The number of rotatable bonds is 3. The van der Waals surface area contributed by atoms with Crippen molar-refractivity contribution in [3.8, 4) is 5.75 Å². The summed E-state index contributed by atoms with van der Waals surface area (Å²) in [5.74, 6) is 1.74. The van der Waals surface area contributed by atoms with Crippen molar-refractivity contribution in [2.75, 3.05) is 26.7 Å². The van der Waals surface area contributed by atoms with E-state index < -0.39 is 0 Å². The van der Waals surface area contributed by atoms with Crippen molar-refractivity contribution in [3.05, 3.63) is 63.1 Å². The van der Waals surface area contributed by atoms with Gasteiger partial charge in [-0.25, -0.2) is 0 Å². The normalized spacial score (nSPS) is 27.2. The molecule has 33 heavy (non-hydrogen) atoms. The van der Waals surface area contributed by atoms with Gasteiger partial charge in [0.15, 0.2) is 0 Å². The SMILES string of the molecule is COc1ccc([C@H]2CCC[C@H]3[C@@H]4C[C@@H](CN(C(=O)c5c(C)cc(C)n(C)c5=O)C4)CN23)cc1. The zero-order valence-electron chi connectivity index (χ0n) is 20.2. The van der Waals surface area contributed by atoms with Gasteiger partial charge in [-0.2, -0.15) is 0 Å². The van der Waals surface area contributed by atoms with Gasteiger partial charge in [0.05, 0.1) is 7.11 Å². The number of aromatic nitrogens is 1. The molecule has 1 amide bonds. The van der Waals surface area contributed by atoms with Crippen LogP contribution in [-0.4, -0.2) is 53.1 Å². The minimum Gasteiger partial charge on any atom is -0.497 e. The Hall–Kier alpha value is -2.60. The van der Waals surface area contributed by atoms with E-state index in [9.17, 15) is 9.59 Å². The summed E-state index contributed by atoms with van der Waals surface area (Å²) in [6.07, 6.45) is 4.77. The third-order valence-corrected chi connectivity index (χ3v) is 8.26. The van der Waals surface area contributed by atoms with Gasteiger partial charge in [-0.1, -0.05) is 12.1 Å². The zero-order valence-corrected chi connectivity index (χ0v) is 20.2. The summed E-state index contributed by atoms with van der Waals surface area (Å²) >= 11 is 0. The summed E-state index contributed by atoms with van der Waals surface area (Å²) in [5.41, 5.74) is 3.21. The van der Waals surface area contributed by atoms with Crippen LogP contribution in [0.15, 0.2) is 35.1 Å². The summed E-state index contributed by atoms with van der Waals surface area (Å²) in [4.78, 5) is 31.1. The number of fused-ring (bicyclic) bond motifs is 4. The standard InChI is InChI=1S/C27H35N3O3/c1-17-12-18(2)28(3)26(31)25(17)27(32)29-14-19-13-21(16-29)24-7-5-6-23(30(24)15-19)20-8-10-22(33-4)11-9-20/h8-12,19,21,23-24H,5-7,13-16H2,1-4H3/t19-,21+,23+,24-/m0/s1. The number of hydrogen-bond acceptors (Lipinski definition) is 4. The first-order chi connectivity index (χ1) is 15.9. The van der Waals surface area contributed by atoms with Gasteiger partial charge >= 0.3 is 0 Å². The highest BCUT2D eigenvalue weighted by atomic mass is 16.5. The summed E-state index contributed by atoms with van der Waals surface area (Å²) in [5, 5.41) is 0. The van der Waals surface area contributed by atoms with E-state index in [0.717, 1.165) is 36.6 Å². The van der Waals surface area contributed by atoms with Gasteiger partial charge in [0.2, 0.25) is 0 Å². The smallest absolute Gasteiger partial charge is 0.263 e. The molecule has 4 atom stereocenters. The highest BCUT2D eigenvalue weighted by Crippen LogP contribution is 2.44. The van der Waals surface area contributed by atoms with E-state index in [4.69, 9.17) is 4.74 Å². The molecule has 3 saturated heterocycles. The summed E-state index contributed by atoms with van der Waals surface area (Å²) in [6, 6.07) is 11.4. The Kier molecular flexibility index (Phi) is 5.81. The molecular weight excluding hydrogens is 414 g/mol. The number of likely N-dealkylation sites (tertiary alicyclic amines) is 1. The van der Waals surface area contributed by atoms with Crippen LogP contribution in [0.5, 0.6) is 5.75 Å². The molecule has 6 nitrogen and oxygen atoms in total. The zero-order chi connectivity index (χ0) is 23.3. The maximum absolute atomic E-state index is 13.5. The summed E-state index contributed by atoms with van der Waals surface area (Å²) in [6.45, 7) is 6.30. The number of amides is 1. The minimum atomic E-state index is -0.174. The molecule has 2 bridgehead atoms. The Bertz CT molecular complexity index is 1110. The second-order valence-electron chi connectivity index (χ2n) is 10.3. The lowest BCUT2D eigenvalue weighted by atomic mass is 9.73. The molecule has 0 radical (unpaired) electrons. The molecule has 3 aliphatic heterocycles. The van der Waals surface area contributed by atoms with Crippen molar-refractivity contribution in [3.63, 3.8) is 0 Å². The number of methoxy groups -OCH3 is 1. The van der Waals surface area contributed by atoms with Gasteiger partial charge in [-0.15, -0.1) is 0 Å². The molecule has 5 rings (SSSR count). The maximum atomic E-state index is 13.5. The fourth-order valence-corrected chi connectivity index (χ4v) is 6.56. The van der Waals surface area contributed by atoms with Crippen LogP contribution < -0.4 is 10.3 Å². The Morgan fingerprint density at radius 3 is 2.55 bits per heavy atom. The maximum Gasteiger partial charge on any atom is 0.263 e. The van der Waals surface area contributed by atoms with Crippen LogP contribution in [0.2, 0.25) is 0 Å². The van der Waals surface area contributed by atoms with E-state index in [2.05, 4.69) is 29.2 Å². The lowest BCUT2D eigenvalue weighted by Crippen LogP contribution is -2.60. The van der Waals surface area contributed by atoms with E-state index in [0.29, 0.717) is 29.5 Å². The van der Waals surface area contributed by atoms with Crippen LogP contribution in [-0.2, 0) is 7.05 Å². The highest BCUT2D eigenvalue weighted by Gasteiger charge is 2.46. The number of benzene rings is 1. The van der Waals surface area contributed by atoms with E-state index in [1.807, 2.05) is 24.8 Å². The molecule has 2 aromatic rings. The molecule has 1 aromatic heterocycles. The molecular formula is C27H35N3O3. The van der Waals surface area contributed by atoms with Gasteiger partial charge in [-0.3, -0.25) is 14.5 Å². The topological polar surface area (TPSA) is 54.8 Å². The Morgan fingerprint density at radius 2 is 1.82 bits per heavy atom. The number of nitrogens with zero attached hydrogens (tertiary/aromatic N) is 3. The van der Waals surface area contributed by atoms with E-state index in [1.165, 1.54) is 31.2 Å². The summed E-state index contributed by atoms with van der Waals surface area (Å²) in [7, 11) is 3.45. The van der Waals surface area contributed by atoms with Crippen LogP contribution in [0.4, 0.5) is 0 Å². The number of ether oxygens (including phenoxy) is 1. The monoisotopic (exact) mass is 449 g/mol. The van der Waals surface area contributed by atoms with Crippen molar-refractivity contribution in [1.82, 2.24) is 14.4 Å². The molecule has 0 spiro atoms. The van der Waals surface area contributed by atoms with Gasteiger partial charge < -0.3 is 14.2 Å². The van der Waals surface area contributed by atoms with E-state index >= 15 is 0 Å². The van der Waals surface area contributed by atoms with Crippen LogP contribution in [0.3, 0.4) is 0 Å². The van der Waals surface area contributed by atoms with Crippen LogP contribution in [0.25, 0.3) is 0 Å². The predicted octanol–water partition coefficient (Wildman–Crippen LogP) is 3.70. The molecule has 0 unspecified atom stereocenters. The number of carbonyl (C=O) groups excluding carboxylic acids is 1. The molecule has 176 valence electrons. The average Bonchev–Trinajstić information content (AvgIpc) is 2.82. The van der Waals surface area contributed by atoms with Crippen molar-refractivity contribution in [2.45, 2.75) is 51.6 Å². The van der Waals surface area contributed by atoms with Crippen LogP contribution in [0.1, 0.15) is 58.9 Å². The number of hydrogen-bond donors (Lipinski definition) is 0. The van der Waals surface area contributed by atoms with Gasteiger partial charge in [-0.05, 0) is 80.7 Å². The van der Waals surface area contributed by atoms with Gasteiger partial charge in [0, 0.05) is 44.5 Å². The van der Waals surface area contributed by atoms with Gasteiger partial charge in [0.25, 0.3) is 11.5 Å². The first-order valence-corrected chi connectivity index (χ1v) is 12.2. The quantitative estimate of drug-likeness (QED) is 0.717. The third kappa shape index (κ3) is 3.88. The Labute approximate surface area is 196 Å². The summed E-state index contributed by atoms with van der Waals surface area (Å²) < 4.78 is 6.94. The lowest BCUT2D eigenvalue weighted by molar-refractivity contribution is -0.0512. The third-order valence-electron chi connectivity index (χ3n) is 8.26. The first-order valence-electron chi connectivity index (χ1n) is 12.2. The second kappa shape index (κ2) is 8.64. The molecule has 0 saturated carbocycles.